The molecule has 138 valence electrons. The second kappa shape index (κ2) is 8.92. The summed E-state index contributed by atoms with van der Waals surface area (Å²) in [6, 6.07) is 2.85. The van der Waals surface area contributed by atoms with Crippen molar-refractivity contribution in [1.29, 1.82) is 0 Å². The van der Waals surface area contributed by atoms with Gasteiger partial charge in [0.2, 0.25) is 6.61 Å². The molecular formula is C17H16O9. The summed E-state index contributed by atoms with van der Waals surface area (Å²) in [7, 11) is 0. The number of carboxylic acids is 2. The average Bonchev–Trinajstić information content (AvgIpc) is 2.60. The van der Waals surface area contributed by atoms with Gasteiger partial charge in [-0.15, -0.1) is 0 Å². The van der Waals surface area contributed by atoms with Crippen molar-refractivity contribution in [3.05, 3.63) is 73.4 Å². The van der Waals surface area contributed by atoms with E-state index in [0.29, 0.717) is 0 Å². The molecule has 0 unspecified atom stereocenters. The Morgan fingerprint density at radius 1 is 0.846 bits per heavy atom. The van der Waals surface area contributed by atoms with Gasteiger partial charge in [-0.25, -0.2) is 14.4 Å². The van der Waals surface area contributed by atoms with Crippen molar-refractivity contribution in [1.82, 2.24) is 0 Å². The third-order valence-corrected chi connectivity index (χ3v) is 2.83. The maximum atomic E-state index is 12.2. The number of benzene rings is 1. The van der Waals surface area contributed by atoms with Crippen molar-refractivity contribution in [2.45, 2.75) is 5.97 Å². The van der Waals surface area contributed by atoms with Gasteiger partial charge in [-0.3, -0.25) is 0 Å². The Morgan fingerprint density at radius 3 is 1.58 bits per heavy atom. The van der Waals surface area contributed by atoms with E-state index in [2.05, 4.69) is 19.7 Å². The lowest BCUT2D eigenvalue weighted by atomic mass is 10.1. The molecular weight excluding hydrogens is 348 g/mol. The lowest BCUT2D eigenvalue weighted by Gasteiger charge is -2.29. The largest absolute Gasteiger partial charge is 0.478 e. The number of carbonyl (C=O) groups is 3. The van der Waals surface area contributed by atoms with Gasteiger partial charge in [-0.05, 0) is 18.2 Å². The molecule has 0 fully saturated rings. The second-order valence-electron chi connectivity index (χ2n) is 4.52. The minimum atomic E-state index is -1.94. The molecule has 0 radical (unpaired) electrons. The van der Waals surface area contributed by atoms with Crippen LogP contribution in [-0.4, -0.2) is 40.7 Å². The first-order valence-electron chi connectivity index (χ1n) is 6.93. The van der Waals surface area contributed by atoms with E-state index >= 15 is 0 Å². The van der Waals surface area contributed by atoms with Crippen LogP contribution in [0.3, 0.4) is 0 Å². The van der Waals surface area contributed by atoms with E-state index < -0.39 is 41.6 Å². The third-order valence-electron chi connectivity index (χ3n) is 2.83. The molecule has 0 saturated carbocycles. The van der Waals surface area contributed by atoms with Gasteiger partial charge in [0.25, 0.3) is 0 Å². The van der Waals surface area contributed by atoms with Gasteiger partial charge in [0.05, 0.1) is 35.5 Å². The minimum Gasteiger partial charge on any atom is -0.478 e. The number of hydrogen-bond acceptors (Lipinski definition) is 7. The van der Waals surface area contributed by atoms with Crippen LogP contribution in [0.2, 0.25) is 0 Å². The molecule has 1 rings (SSSR count). The van der Waals surface area contributed by atoms with Crippen LogP contribution in [0.1, 0.15) is 31.1 Å². The number of hydrogen-bond donors (Lipinski definition) is 2. The van der Waals surface area contributed by atoms with E-state index in [1.165, 1.54) is 0 Å². The molecule has 0 heterocycles. The van der Waals surface area contributed by atoms with Gasteiger partial charge < -0.3 is 29.2 Å². The molecule has 2 N–H and O–H groups in total. The van der Waals surface area contributed by atoms with Crippen molar-refractivity contribution in [3.63, 3.8) is 0 Å². The van der Waals surface area contributed by atoms with Crippen molar-refractivity contribution in [2.75, 3.05) is 6.61 Å². The molecule has 1 aromatic carbocycles. The normalized spacial score (nSPS) is 10.2. The zero-order valence-electron chi connectivity index (χ0n) is 13.5. The molecule has 0 aliphatic rings. The van der Waals surface area contributed by atoms with Crippen LogP contribution in [0.15, 0.2) is 56.7 Å². The zero-order valence-corrected chi connectivity index (χ0v) is 13.5. The van der Waals surface area contributed by atoms with Crippen LogP contribution in [0.4, 0.5) is 0 Å². The first kappa shape index (κ1) is 20.3. The highest BCUT2D eigenvalue weighted by Crippen LogP contribution is 2.19. The van der Waals surface area contributed by atoms with Crippen LogP contribution in [0, 0.1) is 0 Å². The summed E-state index contributed by atoms with van der Waals surface area (Å²) >= 11 is 0. The predicted molar refractivity (Wildman–Crippen MR) is 87.2 cm³/mol. The van der Waals surface area contributed by atoms with E-state index in [1.807, 2.05) is 0 Å². The fraction of sp³-hybridized carbons (Fsp3) is 0.118. The highest BCUT2D eigenvalue weighted by Gasteiger charge is 2.37. The highest BCUT2D eigenvalue weighted by atomic mass is 16.9. The summed E-state index contributed by atoms with van der Waals surface area (Å²) < 4.78 is 20.1. The summed E-state index contributed by atoms with van der Waals surface area (Å²) in [6.07, 6.45) is 2.90. The van der Waals surface area contributed by atoms with Crippen molar-refractivity contribution >= 4 is 17.9 Å². The van der Waals surface area contributed by atoms with Crippen LogP contribution >= 0.6 is 0 Å². The SMILES string of the molecule is C=COC(COC(=O)c1cc(C(=O)O)cc(C(=O)O)c1)(OC=C)OC=C. The topological polar surface area (TPSA) is 129 Å². The number of esters is 1. The molecule has 0 aliphatic carbocycles. The first-order chi connectivity index (χ1) is 12.3. The minimum absolute atomic E-state index is 0.299. The van der Waals surface area contributed by atoms with E-state index in [-0.39, 0.29) is 5.56 Å². The van der Waals surface area contributed by atoms with Gasteiger partial charge in [0.1, 0.15) is 0 Å². The highest BCUT2D eigenvalue weighted by molar-refractivity contribution is 5.99. The maximum Gasteiger partial charge on any atom is 0.452 e. The Bertz CT molecular complexity index is 677. The monoisotopic (exact) mass is 364 g/mol. The number of aromatic carboxylic acids is 2. The quantitative estimate of drug-likeness (QED) is 0.345. The number of ether oxygens (including phenoxy) is 4. The fourth-order valence-corrected chi connectivity index (χ4v) is 1.80. The van der Waals surface area contributed by atoms with Gasteiger partial charge in [-0.2, -0.15) is 0 Å². The molecule has 0 aromatic heterocycles. The first-order valence-corrected chi connectivity index (χ1v) is 6.93. The Balaban J connectivity index is 3.10. The van der Waals surface area contributed by atoms with Crippen LogP contribution < -0.4 is 0 Å². The Labute approximate surface area is 148 Å². The predicted octanol–water partition coefficient (Wildman–Crippen LogP) is 2.37. The standard InChI is InChI=1S/C17H16O9/c1-4-24-17(25-5-2,26-6-3)10-23-16(22)13-8-11(14(18)19)7-12(9-13)15(20)21/h4-9H,1-3,10H2,(H,18,19)(H,20,21). The van der Waals surface area contributed by atoms with Gasteiger partial charge in [0.15, 0.2) is 0 Å². The van der Waals surface area contributed by atoms with Gasteiger partial charge in [0, 0.05) is 0 Å². The summed E-state index contributed by atoms with van der Waals surface area (Å²) in [5, 5.41) is 18.1. The second-order valence-corrected chi connectivity index (χ2v) is 4.52. The molecule has 0 spiro atoms. The van der Waals surface area contributed by atoms with E-state index in [1.54, 1.807) is 0 Å². The summed E-state index contributed by atoms with van der Waals surface area (Å²) in [6.45, 7) is 9.38. The molecule has 9 nitrogen and oxygen atoms in total. The molecule has 0 aliphatic heterocycles. The van der Waals surface area contributed by atoms with Gasteiger partial charge in [-0.1, -0.05) is 19.7 Å². The Hall–Kier alpha value is -3.75. The molecule has 0 amide bonds. The number of carbonyl (C=O) groups excluding carboxylic acids is 1. The maximum absolute atomic E-state index is 12.2. The number of rotatable bonds is 11. The summed E-state index contributed by atoms with van der Waals surface area (Å²) in [5.74, 6) is -5.79. The molecule has 1 aromatic rings. The summed E-state index contributed by atoms with van der Waals surface area (Å²) in [5.41, 5.74) is -1.09. The van der Waals surface area contributed by atoms with E-state index in [9.17, 15) is 14.4 Å². The zero-order chi connectivity index (χ0) is 19.7. The van der Waals surface area contributed by atoms with Crippen molar-refractivity contribution < 1.29 is 43.5 Å². The fourth-order valence-electron chi connectivity index (χ4n) is 1.80. The molecule has 0 bridgehead atoms. The van der Waals surface area contributed by atoms with E-state index in [4.69, 9.17) is 29.2 Å². The lowest BCUT2D eigenvalue weighted by Crippen LogP contribution is -2.40. The molecule has 9 heteroatoms. The molecule has 0 saturated heterocycles. The summed E-state index contributed by atoms with van der Waals surface area (Å²) in [4.78, 5) is 34.4. The third kappa shape index (κ3) is 5.13. The van der Waals surface area contributed by atoms with Crippen LogP contribution in [0.5, 0.6) is 0 Å². The van der Waals surface area contributed by atoms with Crippen molar-refractivity contribution in [2.24, 2.45) is 0 Å². The molecule has 26 heavy (non-hydrogen) atoms. The smallest absolute Gasteiger partial charge is 0.452 e. The molecule has 0 atom stereocenters. The lowest BCUT2D eigenvalue weighted by molar-refractivity contribution is -0.330. The van der Waals surface area contributed by atoms with Crippen molar-refractivity contribution in [3.8, 4) is 0 Å². The van der Waals surface area contributed by atoms with Crippen LogP contribution in [0.25, 0.3) is 0 Å². The Morgan fingerprint density at radius 2 is 1.23 bits per heavy atom. The Kier molecular flexibility index (Phi) is 6.97. The number of carboxylic acid groups (broad SMARTS) is 2. The van der Waals surface area contributed by atoms with Crippen LogP contribution in [-0.2, 0) is 18.9 Å². The van der Waals surface area contributed by atoms with E-state index in [0.717, 1.165) is 37.0 Å². The van der Waals surface area contributed by atoms with Gasteiger partial charge >= 0.3 is 23.9 Å². The average molecular weight is 364 g/mol.